The quantitative estimate of drug-likeness (QED) is 0.744. The molecule has 2 fully saturated rings. The van der Waals surface area contributed by atoms with Gasteiger partial charge in [-0.15, -0.1) is 0 Å². The Morgan fingerprint density at radius 3 is 2.71 bits per heavy atom. The number of piperidine rings is 1. The zero-order chi connectivity index (χ0) is 12.1. The molecule has 0 aromatic carbocycles. The highest BCUT2D eigenvalue weighted by atomic mass is 15.2. The molecule has 0 aliphatic carbocycles. The molecular formula is C14H27N3. The van der Waals surface area contributed by atoms with Crippen LogP contribution in [0.2, 0.25) is 0 Å². The molecule has 1 N–H and O–H groups in total. The monoisotopic (exact) mass is 237 g/mol. The first-order valence-electron chi connectivity index (χ1n) is 7.16. The minimum Gasteiger partial charge on any atom is -0.314 e. The molecule has 0 saturated carbocycles. The molecule has 0 amide bonds. The van der Waals surface area contributed by atoms with E-state index in [4.69, 9.17) is 0 Å². The maximum absolute atomic E-state index is 4.37. The molecular weight excluding hydrogens is 210 g/mol. The van der Waals surface area contributed by atoms with E-state index in [-0.39, 0.29) is 0 Å². The Hall–Kier alpha value is -0.380. The van der Waals surface area contributed by atoms with Crippen LogP contribution in [0.15, 0.2) is 12.2 Å². The summed E-state index contributed by atoms with van der Waals surface area (Å²) in [6, 6.07) is 0.642. The predicted octanol–water partition coefficient (Wildman–Crippen LogP) is 1.32. The number of nitrogens with zero attached hydrogens (tertiary/aromatic N) is 2. The summed E-state index contributed by atoms with van der Waals surface area (Å²) in [4.78, 5) is 5.15. The second-order valence-electron chi connectivity index (χ2n) is 5.32. The van der Waals surface area contributed by atoms with Gasteiger partial charge in [-0.05, 0) is 31.5 Å². The Kier molecular flexibility index (Phi) is 5.01. The zero-order valence-corrected chi connectivity index (χ0v) is 11.2. The van der Waals surface area contributed by atoms with Gasteiger partial charge in [0.05, 0.1) is 0 Å². The molecule has 98 valence electrons. The summed E-state index contributed by atoms with van der Waals surface area (Å²) in [7, 11) is 0. The topological polar surface area (TPSA) is 18.5 Å². The van der Waals surface area contributed by atoms with Crippen LogP contribution in [0.5, 0.6) is 0 Å². The third-order valence-corrected chi connectivity index (χ3v) is 4.13. The molecule has 3 heteroatoms. The Balaban J connectivity index is 1.84. The molecule has 3 nitrogen and oxygen atoms in total. The van der Waals surface area contributed by atoms with Gasteiger partial charge in [0.2, 0.25) is 0 Å². The van der Waals surface area contributed by atoms with Gasteiger partial charge in [0.25, 0.3) is 0 Å². The van der Waals surface area contributed by atoms with Crippen molar-refractivity contribution in [2.24, 2.45) is 0 Å². The molecule has 1 unspecified atom stereocenters. The molecule has 0 bridgehead atoms. The summed E-state index contributed by atoms with van der Waals surface area (Å²) in [5.74, 6) is 0. The van der Waals surface area contributed by atoms with Crippen molar-refractivity contribution in [2.75, 3.05) is 45.8 Å². The van der Waals surface area contributed by atoms with Gasteiger partial charge in [-0.2, -0.15) is 0 Å². The number of piperazine rings is 1. The van der Waals surface area contributed by atoms with Crippen LogP contribution in [0.1, 0.15) is 26.2 Å². The van der Waals surface area contributed by atoms with Crippen LogP contribution in [0.3, 0.4) is 0 Å². The zero-order valence-electron chi connectivity index (χ0n) is 11.2. The molecule has 17 heavy (non-hydrogen) atoms. The lowest BCUT2D eigenvalue weighted by molar-refractivity contribution is 0.166. The fourth-order valence-corrected chi connectivity index (χ4v) is 3.09. The molecule has 2 aliphatic heterocycles. The van der Waals surface area contributed by atoms with Crippen LogP contribution >= 0.6 is 0 Å². The van der Waals surface area contributed by atoms with Crippen LogP contribution < -0.4 is 5.32 Å². The SMILES string of the molecule is C=C(CN1CCNCC1)C1CCCCN1CC. The van der Waals surface area contributed by atoms with Crippen LogP contribution in [-0.4, -0.2) is 61.7 Å². The predicted molar refractivity (Wildman–Crippen MR) is 73.3 cm³/mol. The summed E-state index contributed by atoms with van der Waals surface area (Å²) in [6.07, 6.45) is 4.06. The minimum atomic E-state index is 0.642. The first-order valence-corrected chi connectivity index (χ1v) is 7.16. The first-order chi connectivity index (χ1) is 8.31. The van der Waals surface area contributed by atoms with Crippen LogP contribution in [0.4, 0.5) is 0 Å². The van der Waals surface area contributed by atoms with E-state index in [1.54, 1.807) is 0 Å². The molecule has 2 saturated heterocycles. The third kappa shape index (κ3) is 3.54. The van der Waals surface area contributed by atoms with E-state index in [2.05, 4.69) is 28.6 Å². The second kappa shape index (κ2) is 6.53. The minimum absolute atomic E-state index is 0.642. The van der Waals surface area contributed by atoms with Crippen molar-refractivity contribution in [3.63, 3.8) is 0 Å². The van der Waals surface area contributed by atoms with Crippen LogP contribution in [0, 0.1) is 0 Å². The maximum Gasteiger partial charge on any atom is 0.0317 e. The summed E-state index contributed by atoms with van der Waals surface area (Å²) < 4.78 is 0. The van der Waals surface area contributed by atoms with Crippen molar-refractivity contribution in [1.82, 2.24) is 15.1 Å². The lowest BCUT2D eigenvalue weighted by atomic mass is 9.95. The fourth-order valence-electron chi connectivity index (χ4n) is 3.09. The van der Waals surface area contributed by atoms with Gasteiger partial charge < -0.3 is 5.32 Å². The van der Waals surface area contributed by atoms with Gasteiger partial charge >= 0.3 is 0 Å². The molecule has 2 heterocycles. The third-order valence-electron chi connectivity index (χ3n) is 4.13. The second-order valence-corrected chi connectivity index (χ2v) is 5.32. The number of rotatable bonds is 4. The number of likely N-dealkylation sites (tertiary alicyclic amines) is 1. The molecule has 0 aromatic heterocycles. The standard InChI is InChI=1S/C14H27N3/c1-3-17-9-5-4-6-14(17)13(2)12-16-10-7-15-8-11-16/h14-15H,2-12H2,1H3. The average molecular weight is 237 g/mol. The Morgan fingerprint density at radius 1 is 1.24 bits per heavy atom. The summed E-state index contributed by atoms with van der Waals surface area (Å²) in [5.41, 5.74) is 1.44. The van der Waals surface area contributed by atoms with Gasteiger partial charge in [0, 0.05) is 38.8 Å². The molecule has 2 rings (SSSR count). The Morgan fingerprint density at radius 2 is 2.00 bits per heavy atom. The van der Waals surface area contributed by atoms with Gasteiger partial charge in [0.1, 0.15) is 0 Å². The molecule has 2 aliphatic rings. The normalized spacial score (nSPS) is 28.2. The highest BCUT2D eigenvalue weighted by Crippen LogP contribution is 2.22. The van der Waals surface area contributed by atoms with Gasteiger partial charge in [-0.3, -0.25) is 9.80 Å². The van der Waals surface area contributed by atoms with E-state index in [1.165, 1.54) is 51.0 Å². The van der Waals surface area contributed by atoms with E-state index < -0.39 is 0 Å². The van der Waals surface area contributed by atoms with Crippen LogP contribution in [0.25, 0.3) is 0 Å². The van der Waals surface area contributed by atoms with Gasteiger partial charge in [0.15, 0.2) is 0 Å². The lowest BCUT2D eigenvalue weighted by Crippen LogP contribution is -2.47. The average Bonchev–Trinajstić information content (AvgIpc) is 2.40. The van der Waals surface area contributed by atoms with Crippen molar-refractivity contribution in [3.05, 3.63) is 12.2 Å². The van der Waals surface area contributed by atoms with E-state index in [9.17, 15) is 0 Å². The number of hydrogen-bond donors (Lipinski definition) is 1. The summed E-state index contributed by atoms with van der Waals surface area (Å²) in [6.45, 7) is 14.8. The van der Waals surface area contributed by atoms with Crippen molar-refractivity contribution < 1.29 is 0 Å². The van der Waals surface area contributed by atoms with E-state index in [1.807, 2.05) is 0 Å². The largest absolute Gasteiger partial charge is 0.314 e. The highest BCUT2D eigenvalue weighted by molar-refractivity contribution is 5.10. The maximum atomic E-state index is 4.37. The summed E-state index contributed by atoms with van der Waals surface area (Å²) >= 11 is 0. The van der Waals surface area contributed by atoms with Crippen molar-refractivity contribution >= 4 is 0 Å². The van der Waals surface area contributed by atoms with E-state index in [0.717, 1.165) is 19.6 Å². The van der Waals surface area contributed by atoms with Gasteiger partial charge in [-0.1, -0.05) is 19.9 Å². The molecule has 0 aromatic rings. The highest BCUT2D eigenvalue weighted by Gasteiger charge is 2.24. The van der Waals surface area contributed by atoms with Crippen molar-refractivity contribution in [2.45, 2.75) is 32.2 Å². The number of nitrogens with one attached hydrogen (secondary N) is 1. The number of hydrogen-bond acceptors (Lipinski definition) is 3. The lowest BCUT2D eigenvalue weighted by Gasteiger charge is -2.38. The van der Waals surface area contributed by atoms with Gasteiger partial charge in [-0.25, -0.2) is 0 Å². The van der Waals surface area contributed by atoms with Crippen molar-refractivity contribution in [3.8, 4) is 0 Å². The molecule has 0 spiro atoms. The smallest absolute Gasteiger partial charge is 0.0317 e. The Bertz CT molecular complexity index is 246. The Labute approximate surface area is 106 Å². The molecule has 1 atom stereocenters. The van der Waals surface area contributed by atoms with E-state index in [0.29, 0.717) is 6.04 Å². The summed E-state index contributed by atoms with van der Waals surface area (Å²) in [5, 5.41) is 3.41. The van der Waals surface area contributed by atoms with E-state index >= 15 is 0 Å². The number of likely N-dealkylation sites (N-methyl/N-ethyl adjacent to an activating group) is 1. The fraction of sp³-hybridized carbons (Fsp3) is 0.857. The van der Waals surface area contributed by atoms with Crippen LogP contribution in [-0.2, 0) is 0 Å². The molecule has 0 radical (unpaired) electrons. The first kappa shape index (κ1) is 13.1. The van der Waals surface area contributed by atoms with Crippen molar-refractivity contribution in [1.29, 1.82) is 0 Å².